The first kappa shape index (κ1) is 15.0. The molecule has 0 aliphatic heterocycles. The lowest BCUT2D eigenvalue weighted by molar-refractivity contribution is 0.419. The van der Waals surface area contributed by atoms with Crippen molar-refractivity contribution < 1.29 is 0 Å². The number of nitrogens with one attached hydrogen (secondary N) is 1. The van der Waals surface area contributed by atoms with E-state index in [2.05, 4.69) is 45.6 Å². The smallest absolute Gasteiger partial charge is 0.0711 e. The zero-order valence-corrected chi connectivity index (χ0v) is 14.0. The van der Waals surface area contributed by atoms with E-state index in [4.69, 9.17) is 17.4 Å². The van der Waals surface area contributed by atoms with Gasteiger partial charge in [0, 0.05) is 9.50 Å². The Labute approximate surface area is 138 Å². The van der Waals surface area contributed by atoms with E-state index in [1.54, 1.807) is 0 Å². The second kappa shape index (κ2) is 6.49. The molecule has 21 heavy (non-hydrogen) atoms. The van der Waals surface area contributed by atoms with Gasteiger partial charge in [-0.25, -0.2) is 5.43 Å². The molecule has 3 rings (SSSR count). The molecule has 110 valence electrons. The molecule has 2 nitrogen and oxygen atoms in total. The average Bonchev–Trinajstić information content (AvgIpc) is 2.38. The molecular weight excluding hydrogens is 348 g/mol. The first-order valence-electron chi connectivity index (χ1n) is 7.19. The van der Waals surface area contributed by atoms with Gasteiger partial charge in [0.1, 0.15) is 0 Å². The van der Waals surface area contributed by atoms with Gasteiger partial charge >= 0.3 is 0 Å². The largest absolute Gasteiger partial charge is 0.271 e. The van der Waals surface area contributed by atoms with Gasteiger partial charge in [-0.05, 0) is 53.6 Å². The third-order valence-electron chi connectivity index (χ3n) is 4.23. The van der Waals surface area contributed by atoms with Crippen molar-refractivity contribution in [1.29, 1.82) is 0 Å². The second-order valence-electron chi connectivity index (χ2n) is 5.60. The maximum Gasteiger partial charge on any atom is 0.0711 e. The Morgan fingerprint density at radius 2 is 1.81 bits per heavy atom. The van der Waals surface area contributed by atoms with Crippen molar-refractivity contribution in [2.45, 2.75) is 31.2 Å². The minimum Gasteiger partial charge on any atom is -0.271 e. The molecule has 1 aliphatic rings. The molecule has 1 atom stereocenters. The van der Waals surface area contributed by atoms with Gasteiger partial charge in [-0.1, -0.05) is 58.2 Å². The monoisotopic (exact) mass is 364 g/mol. The van der Waals surface area contributed by atoms with Crippen LogP contribution in [0.25, 0.3) is 0 Å². The zero-order valence-electron chi connectivity index (χ0n) is 11.7. The fourth-order valence-electron chi connectivity index (χ4n) is 2.83. The summed E-state index contributed by atoms with van der Waals surface area (Å²) in [5.74, 6) is 6.52. The summed E-state index contributed by atoms with van der Waals surface area (Å²) in [6.45, 7) is 0. The predicted octanol–water partition coefficient (Wildman–Crippen LogP) is 4.92. The Morgan fingerprint density at radius 1 is 1.10 bits per heavy atom. The van der Waals surface area contributed by atoms with Crippen molar-refractivity contribution in [1.82, 2.24) is 5.43 Å². The molecule has 1 fully saturated rings. The quantitative estimate of drug-likeness (QED) is 0.596. The number of halogens is 2. The standard InChI is InChI=1S/C17H18BrClN2/c18-15-8-14(9-16(19)10-15)17(21-20)13-6-4-12(5-7-13)11-2-1-3-11/h4-11,17,21H,1-3,20H2. The molecule has 0 heterocycles. The summed E-state index contributed by atoms with van der Waals surface area (Å²) in [5.41, 5.74) is 6.52. The van der Waals surface area contributed by atoms with Crippen LogP contribution in [-0.4, -0.2) is 0 Å². The third kappa shape index (κ3) is 3.32. The van der Waals surface area contributed by atoms with Crippen molar-refractivity contribution in [3.63, 3.8) is 0 Å². The molecule has 1 saturated carbocycles. The van der Waals surface area contributed by atoms with Crippen LogP contribution in [-0.2, 0) is 0 Å². The third-order valence-corrected chi connectivity index (χ3v) is 4.91. The average molecular weight is 366 g/mol. The highest BCUT2D eigenvalue weighted by atomic mass is 79.9. The summed E-state index contributed by atoms with van der Waals surface area (Å²) in [4.78, 5) is 0. The van der Waals surface area contributed by atoms with Gasteiger partial charge in [-0.3, -0.25) is 5.84 Å². The van der Waals surface area contributed by atoms with Crippen molar-refractivity contribution in [3.05, 3.63) is 68.7 Å². The summed E-state index contributed by atoms with van der Waals surface area (Å²) in [7, 11) is 0. The molecule has 3 N–H and O–H groups in total. The van der Waals surface area contributed by atoms with Gasteiger partial charge in [-0.2, -0.15) is 0 Å². The van der Waals surface area contributed by atoms with Crippen LogP contribution in [0.3, 0.4) is 0 Å². The van der Waals surface area contributed by atoms with E-state index in [0.29, 0.717) is 5.02 Å². The zero-order chi connectivity index (χ0) is 14.8. The number of hydrazine groups is 1. The summed E-state index contributed by atoms with van der Waals surface area (Å²) >= 11 is 9.61. The Balaban J connectivity index is 1.88. The number of hydrogen-bond donors (Lipinski definition) is 2. The Morgan fingerprint density at radius 3 is 2.33 bits per heavy atom. The Hall–Kier alpha value is -0.870. The summed E-state index contributed by atoms with van der Waals surface area (Å²) in [6.07, 6.45) is 3.99. The number of benzene rings is 2. The van der Waals surface area contributed by atoms with Crippen LogP contribution in [0.4, 0.5) is 0 Å². The topological polar surface area (TPSA) is 38.0 Å². The van der Waals surface area contributed by atoms with Crippen LogP contribution in [0.2, 0.25) is 5.02 Å². The maximum atomic E-state index is 6.13. The summed E-state index contributed by atoms with van der Waals surface area (Å²) in [5, 5.41) is 0.700. The molecule has 0 aromatic heterocycles. The van der Waals surface area contributed by atoms with E-state index in [0.717, 1.165) is 21.5 Å². The van der Waals surface area contributed by atoms with E-state index >= 15 is 0 Å². The van der Waals surface area contributed by atoms with E-state index in [-0.39, 0.29) is 6.04 Å². The van der Waals surface area contributed by atoms with Gasteiger partial charge < -0.3 is 0 Å². The lowest BCUT2D eigenvalue weighted by atomic mass is 9.79. The van der Waals surface area contributed by atoms with E-state index in [1.807, 2.05) is 18.2 Å². The second-order valence-corrected chi connectivity index (χ2v) is 6.95. The molecule has 1 aliphatic carbocycles. The lowest BCUT2D eigenvalue weighted by Gasteiger charge is -2.26. The molecule has 0 radical (unpaired) electrons. The van der Waals surface area contributed by atoms with E-state index in [1.165, 1.54) is 24.8 Å². The fraction of sp³-hybridized carbons (Fsp3) is 0.294. The minimum atomic E-state index is -0.0598. The van der Waals surface area contributed by atoms with Crippen molar-refractivity contribution in [3.8, 4) is 0 Å². The highest BCUT2D eigenvalue weighted by Crippen LogP contribution is 2.37. The van der Waals surface area contributed by atoms with Gasteiger partial charge in [0.2, 0.25) is 0 Å². The molecule has 0 bridgehead atoms. The summed E-state index contributed by atoms with van der Waals surface area (Å²) < 4.78 is 0.955. The van der Waals surface area contributed by atoms with Crippen LogP contribution < -0.4 is 11.3 Å². The molecule has 2 aromatic carbocycles. The van der Waals surface area contributed by atoms with Crippen molar-refractivity contribution in [2.24, 2.45) is 5.84 Å². The van der Waals surface area contributed by atoms with E-state index < -0.39 is 0 Å². The Kier molecular flexibility index (Phi) is 4.65. The van der Waals surface area contributed by atoms with Crippen molar-refractivity contribution >= 4 is 27.5 Å². The molecule has 1 unspecified atom stereocenters. The van der Waals surface area contributed by atoms with Gasteiger partial charge in [0.15, 0.2) is 0 Å². The van der Waals surface area contributed by atoms with Gasteiger partial charge in [0.05, 0.1) is 6.04 Å². The molecule has 2 aromatic rings. The van der Waals surface area contributed by atoms with Crippen LogP contribution in [0.5, 0.6) is 0 Å². The maximum absolute atomic E-state index is 6.13. The lowest BCUT2D eigenvalue weighted by Crippen LogP contribution is -2.28. The van der Waals surface area contributed by atoms with Crippen LogP contribution in [0.1, 0.15) is 47.9 Å². The first-order chi connectivity index (χ1) is 10.2. The first-order valence-corrected chi connectivity index (χ1v) is 8.36. The molecular formula is C17H18BrClN2. The molecule has 0 saturated heterocycles. The van der Waals surface area contributed by atoms with Crippen molar-refractivity contribution in [2.75, 3.05) is 0 Å². The summed E-state index contributed by atoms with van der Waals surface area (Å²) in [6, 6.07) is 14.6. The van der Waals surface area contributed by atoms with Crippen LogP contribution in [0, 0.1) is 0 Å². The molecule has 0 spiro atoms. The Bertz CT molecular complexity index is 603. The highest BCUT2D eigenvalue weighted by Gasteiger charge is 2.20. The van der Waals surface area contributed by atoms with Crippen LogP contribution >= 0.6 is 27.5 Å². The van der Waals surface area contributed by atoms with Crippen LogP contribution in [0.15, 0.2) is 46.9 Å². The normalized spacial score (nSPS) is 16.5. The fourth-order valence-corrected chi connectivity index (χ4v) is 3.72. The van der Waals surface area contributed by atoms with Gasteiger partial charge in [-0.15, -0.1) is 0 Å². The predicted molar refractivity (Wildman–Crippen MR) is 91.4 cm³/mol. The number of nitrogens with two attached hydrogens (primary N) is 1. The number of rotatable bonds is 4. The minimum absolute atomic E-state index is 0.0598. The SMILES string of the molecule is NNC(c1ccc(C2CCC2)cc1)c1cc(Cl)cc(Br)c1. The molecule has 4 heteroatoms. The number of hydrogen-bond acceptors (Lipinski definition) is 2. The molecule has 0 amide bonds. The van der Waals surface area contributed by atoms with E-state index in [9.17, 15) is 0 Å². The highest BCUT2D eigenvalue weighted by molar-refractivity contribution is 9.10. The van der Waals surface area contributed by atoms with Gasteiger partial charge in [0.25, 0.3) is 0 Å².